The van der Waals surface area contributed by atoms with Crippen molar-refractivity contribution in [1.29, 1.82) is 0 Å². The van der Waals surface area contributed by atoms with Crippen LogP contribution in [0, 0.1) is 5.92 Å². The highest BCUT2D eigenvalue weighted by atomic mass is 35.5. The molecule has 1 aromatic rings. The van der Waals surface area contributed by atoms with Crippen LogP contribution in [0.4, 0.5) is 0 Å². The van der Waals surface area contributed by atoms with E-state index in [1.807, 2.05) is 0 Å². The lowest BCUT2D eigenvalue weighted by atomic mass is 9.95. The van der Waals surface area contributed by atoms with E-state index in [-0.39, 0.29) is 29.7 Å². The number of carbonyl (C=O) groups is 3. The molecule has 0 aromatic heterocycles. The molecule has 6 nitrogen and oxygen atoms in total. The third kappa shape index (κ3) is 3.70. The van der Waals surface area contributed by atoms with Crippen molar-refractivity contribution in [2.75, 3.05) is 33.7 Å². The first-order chi connectivity index (χ1) is 12.4. The maximum atomic E-state index is 12.9. The van der Waals surface area contributed by atoms with Gasteiger partial charge in [-0.25, -0.2) is 0 Å². The fourth-order valence-electron chi connectivity index (χ4n) is 3.74. The summed E-state index contributed by atoms with van der Waals surface area (Å²) in [6, 6.07) is 6.41. The van der Waals surface area contributed by atoms with Gasteiger partial charge in [0.25, 0.3) is 5.91 Å². The molecular formula is C19H24ClN3O3. The summed E-state index contributed by atoms with van der Waals surface area (Å²) in [4.78, 5) is 42.7. The minimum absolute atomic E-state index is 0.00856. The summed E-state index contributed by atoms with van der Waals surface area (Å²) >= 11 is 5.88. The Morgan fingerprint density at radius 3 is 2.46 bits per heavy atom. The number of likely N-dealkylation sites (tertiary alicyclic amines) is 2. The second-order valence-corrected chi connectivity index (χ2v) is 7.55. The number of carbonyl (C=O) groups excluding carboxylic acids is 3. The van der Waals surface area contributed by atoms with Gasteiger partial charge in [0.05, 0.1) is 5.92 Å². The van der Waals surface area contributed by atoms with Gasteiger partial charge in [-0.3, -0.25) is 14.4 Å². The highest BCUT2D eigenvalue weighted by molar-refractivity contribution is 6.30. The van der Waals surface area contributed by atoms with Crippen LogP contribution < -0.4 is 0 Å². The van der Waals surface area contributed by atoms with Gasteiger partial charge < -0.3 is 14.7 Å². The second-order valence-electron chi connectivity index (χ2n) is 7.11. The van der Waals surface area contributed by atoms with Gasteiger partial charge in [0.15, 0.2) is 0 Å². The first-order valence-corrected chi connectivity index (χ1v) is 9.32. The Morgan fingerprint density at radius 1 is 1.15 bits per heavy atom. The fraction of sp³-hybridized carbons (Fsp3) is 0.526. The normalized spacial score (nSPS) is 23.3. The molecule has 140 valence electrons. The number of hydrogen-bond acceptors (Lipinski definition) is 3. The number of nitrogens with zero attached hydrogens (tertiary/aromatic N) is 3. The standard InChI is InChI=1S/C19H24ClN3O3/c1-21-11-9-16(19(21)26)22(2)17(24)14-4-3-10-23(12-14)18(25)13-5-7-15(20)8-6-13/h5-8,14,16H,3-4,9-12H2,1-2H3. The maximum Gasteiger partial charge on any atom is 0.253 e. The molecule has 2 heterocycles. The monoisotopic (exact) mass is 377 g/mol. The van der Waals surface area contributed by atoms with Gasteiger partial charge in [-0.05, 0) is 43.5 Å². The Kier molecular flexibility index (Phi) is 5.51. The maximum absolute atomic E-state index is 12.9. The van der Waals surface area contributed by atoms with Crippen LogP contribution in [0.25, 0.3) is 0 Å². The number of hydrogen-bond donors (Lipinski definition) is 0. The third-order valence-electron chi connectivity index (χ3n) is 5.36. The fourth-order valence-corrected chi connectivity index (χ4v) is 3.87. The average molecular weight is 378 g/mol. The summed E-state index contributed by atoms with van der Waals surface area (Å²) in [5, 5.41) is 0.584. The summed E-state index contributed by atoms with van der Waals surface area (Å²) in [7, 11) is 3.46. The van der Waals surface area contributed by atoms with Crippen molar-refractivity contribution in [3.05, 3.63) is 34.9 Å². The van der Waals surface area contributed by atoms with E-state index in [4.69, 9.17) is 11.6 Å². The molecule has 2 aliphatic heterocycles. The largest absolute Gasteiger partial charge is 0.344 e. The summed E-state index contributed by atoms with van der Waals surface area (Å²) in [6.07, 6.45) is 2.18. The molecule has 0 spiro atoms. The number of likely N-dealkylation sites (N-methyl/N-ethyl adjacent to an activating group) is 2. The number of halogens is 1. The molecule has 7 heteroatoms. The van der Waals surface area contributed by atoms with Gasteiger partial charge in [-0.1, -0.05) is 11.6 Å². The van der Waals surface area contributed by atoms with Crippen LogP contribution in [0.3, 0.4) is 0 Å². The molecule has 0 saturated carbocycles. The Balaban J connectivity index is 1.66. The van der Waals surface area contributed by atoms with Crippen molar-refractivity contribution < 1.29 is 14.4 Å². The Labute approximate surface area is 158 Å². The predicted octanol–water partition coefficient (Wildman–Crippen LogP) is 1.88. The van der Waals surface area contributed by atoms with Crippen LogP contribution in [-0.4, -0.2) is 72.2 Å². The van der Waals surface area contributed by atoms with E-state index in [1.54, 1.807) is 53.1 Å². The van der Waals surface area contributed by atoms with Crippen LogP contribution >= 0.6 is 11.6 Å². The molecule has 2 unspecified atom stereocenters. The average Bonchev–Trinajstić information content (AvgIpc) is 2.99. The SMILES string of the molecule is CN1CCC(N(C)C(=O)C2CCCN(C(=O)c3ccc(Cl)cc3)C2)C1=O. The Hall–Kier alpha value is -2.08. The molecule has 3 rings (SSSR count). The van der Waals surface area contributed by atoms with E-state index in [2.05, 4.69) is 0 Å². The van der Waals surface area contributed by atoms with Gasteiger partial charge in [0, 0.05) is 44.3 Å². The van der Waals surface area contributed by atoms with E-state index >= 15 is 0 Å². The number of amides is 3. The minimum Gasteiger partial charge on any atom is -0.344 e. The van der Waals surface area contributed by atoms with Crippen LogP contribution in [0.15, 0.2) is 24.3 Å². The van der Waals surface area contributed by atoms with Crippen molar-refractivity contribution >= 4 is 29.3 Å². The van der Waals surface area contributed by atoms with E-state index in [0.29, 0.717) is 36.6 Å². The van der Waals surface area contributed by atoms with Gasteiger partial charge in [0.1, 0.15) is 6.04 Å². The van der Waals surface area contributed by atoms with Crippen molar-refractivity contribution in [2.24, 2.45) is 5.92 Å². The molecular weight excluding hydrogens is 354 g/mol. The Morgan fingerprint density at radius 2 is 1.85 bits per heavy atom. The second kappa shape index (κ2) is 7.66. The molecule has 0 radical (unpaired) electrons. The van der Waals surface area contributed by atoms with Crippen molar-refractivity contribution in [2.45, 2.75) is 25.3 Å². The number of benzene rings is 1. The summed E-state index contributed by atoms with van der Waals surface area (Å²) in [5.41, 5.74) is 0.573. The predicted molar refractivity (Wildman–Crippen MR) is 98.9 cm³/mol. The molecule has 2 aliphatic rings. The third-order valence-corrected chi connectivity index (χ3v) is 5.62. The first-order valence-electron chi connectivity index (χ1n) is 8.95. The highest BCUT2D eigenvalue weighted by Gasteiger charge is 2.38. The van der Waals surface area contributed by atoms with E-state index in [9.17, 15) is 14.4 Å². The van der Waals surface area contributed by atoms with Gasteiger partial charge in [-0.15, -0.1) is 0 Å². The summed E-state index contributed by atoms with van der Waals surface area (Å²) in [6.45, 7) is 1.70. The number of rotatable bonds is 3. The van der Waals surface area contributed by atoms with Crippen LogP contribution in [0.2, 0.25) is 5.02 Å². The molecule has 3 amide bonds. The summed E-state index contributed by atoms with van der Waals surface area (Å²) in [5.74, 6) is -0.403. The lowest BCUT2D eigenvalue weighted by Crippen LogP contribution is -2.49. The molecule has 2 fully saturated rings. The molecule has 2 atom stereocenters. The van der Waals surface area contributed by atoms with Gasteiger partial charge in [-0.2, -0.15) is 0 Å². The van der Waals surface area contributed by atoms with Crippen LogP contribution in [-0.2, 0) is 9.59 Å². The highest BCUT2D eigenvalue weighted by Crippen LogP contribution is 2.24. The lowest BCUT2D eigenvalue weighted by molar-refractivity contribution is -0.143. The minimum atomic E-state index is -0.380. The molecule has 0 bridgehead atoms. The van der Waals surface area contributed by atoms with Crippen molar-refractivity contribution in [3.8, 4) is 0 Å². The molecule has 2 saturated heterocycles. The Bertz CT molecular complexity index is 706. The molecule has 0 N–H and O–H groups in total. The zero-order valence-electron chi connectivity index (χ0n) is 15.2. The number of piperidine rings is 1. The van der Waals surface area contributed by atoms with Crippen LogP contribution in [0.5, 0.6) is 0 Å². The smallest absolute Gasteiger partial charge is 0.253 e. The van der Waals surface area contributed by atoms with Crippen molar-refractivity contribution in [3.63, 3.8) is 0 Å². The van der Waals surface area contributed by atoms with Crippen molar-refractivity contribution in [1.82, 2.24) is 14.7 Å². The molecule has 1 aromatic carbocycles. The molecule has 26 heavy (non-hydrogen) atoms. The van der Waals surface area contributed by atoms with E-state index in [1.165, 1.54) is 0 Å². The first kappa shape index (κ1) is 18.7. The van der Waals surface area contributed by atoms with E-state index in [0.717, 1.165) is 12.8 Å². The van der Waals surface area contributed by atoms with Gasteiger partial charge in [0.2, 0.25) is 11.8 Å². The topological polar surface area (TPSA) is 60.9 Å². The summed E-state index contributed by atoms with van der Waals surface area (Å²) < 4.78 is 0. The van der Waals surface area contributed by atoms with E-state index < -0.39 is 0 Å². The zero-order chi connectivity index (χ0) is 18.8. The lowest BCUT2D eigenvalue weighted by Gasteiger charge is -2.35. The zero-order valence-corrected chi connectivity index (χ0v) is 15.9. The van der Waals surface area contributed by atoms with Gasteiger partial charge >= 0.3 is 0 Å². The van der Waals surface area contributed by atoms with Crippen LogP contribution in [0.1, 0.15) is 29.6 Å². The molecule has 0 aliphatic carbocycles. The quantitative estimate of drug-likeness (QED) is 0.808.